The summed E-state index contributed by atoms with van der Waals surface area (Å²) in [5.74, 6) is 1.39. The van der Waals surface area contributed by atoms with Gasteiger partial charge in [0.05, 0.1) is 5.69 Å². The monoisotopic (exact) mass is 366 g/mol. The van der Waals surface area contributed by atoms with Gasteiger partial charge in [0.1, 0.15) is 5.82 Å². The molecule has 138 valence electrons. The molecule has 0 spiro atoms. The van der Waals surface area contributed by atoms with Crippen LogP contribution in [0.1, 0.15) is 5.56 Å². The van der Waals surface area contributed by atoms with Gasteiger partial charge in [-0.3, -0.25) is 0 Å². The number of hydrogen-bond acceptors (Lipinski definition) is 4. The SMILES string of the molecule is c1ccc(CCNc2cc(-c3ccccc3)nc(Nc3ccccc3)n2)cc1. The van der Waals surface area contributed by atoms with E-state index >= 15 is 0 Å². The van der Waals surface area contributed by atoms with Crippen molar-refractivity contribution in [1.82, 2.24) is 9.97 Å². The molecule has 0 fully saturated rings. The number of anilines is 3. The van der Waals surface area contributed by atoms with E-state index in [4.69, 9.17) is 4.98 Å². The highest BCUT2D eigenvalue weighted by molar-refractivity contribution is 5.66. The van der Waals surface area contributed by atoms with Crippen LogP contribution in [0.25, 0.3) is 11.3 Å². The highest BCUT2D eigenvalue weighted by Crippen LogP contribution is 2.23. The van der Waals surface area contributed by atoms with Crippen molar-refractivity contribution in [2.24, 2.45) is 0 Å². The highest BCUT2D eigenvalue weighted by Gasteiger charge is 2.07. The van der Waals surface area contributed by atoms with Crippen molar-refractivity contribution in [3.63, 3.8) is 0 Å². The molecule has 0 aliphatic carbocycles. The molecule has 4 rings (SSSR count). The summed E-state index contributed by atoms with van der Waals surface area (Å²) in [4.78, 5) is 9.36. The Morgan fingerprint density at radius 1 is 0.679 bits per heavy atom. The van der Waals surface area contributed by atoms with Crippen LogP contribution in [0, 0.1) is 0 Å². The second kappa shape index (κ2) is 8.82. The first kappa shape index (κ1) is 17.7. The second-order valence-corrected chi connectivity index (χ2v) is 6.48. The number of nitrogens with one attached hydrogen (secondary N) is 2. The van der Waals surface area contributed by atoms with E-state index in [2.05, 4.69) is 52.0 Å². The van der Waals surface area contributed by atoms with Gasteiger partial charge >= 0.3 is 0 Å². The van der Waals surface area contributed by atoms with Crippen LogP contribution >= 0.6 is 0 Å². The smallest absolute Gasteiger partial charge is 0.229 e. The molecule has 4 heteroatoms. The molecule has 0 aliphatic heterocycles. The Kier molecular flexibility index (Phi) is 5.59. The fourth-order valence-electron chi connectivity index (χ4n) is 2.98. The van der Waals surface area contributed by atoms with E-state index < -0.39 is 0 Å². The second-order valence-electron chi connectivity index (χ2n) is 6.48. The number of benzene rings is 3. The van der Waals surface area contributed by atoms with Gasteiger partial charge in [-0.1, -0.05) is 78.9 Å². The molecule has 1 heterocycles. The summed E-state index contributed by atoms with van der Waals surface area (Å²) in [5, 5.41) is 6.74. The molecule has 0 saturated heterocycles. The maximum Gasteiger partial charge on any atom is 0.229 e. The number of para-hydroxylation sites is 1. The molecule has 0 amide bonds. The maximum absolute atomic E-state index is 4.70. The lowest BCUT2D eigenvalue weighted by molar-refractivity contribution is 1.00. The maximum atomic E-state index is 4.70. The molecule has 0 unspecified atom stereocenters. The van der Waals surface area contributed by atoms with Gasteiger partial charge in [0.15, 0.2) is 0 Å². The van der Waals surface area contributed by atoms with Crippen molar-refractivity contribution in [3.05, 3.63) is 103 Å². The molecule has 0 bridgehead atoms. The largest absolute Gasteiger partial charge is 0.370 e. The number of nitrogens with zero attached hydrogens (tertiary/aromatic N) is 2. The summed E-state index contributed by atoms with van der Waals surface area (Å²) in [6.07, 6.45) is 0.937. The first-order chi connectivity index (χ1) is 13.9. The van der Waals surface area contributed by atoms with Gasteiger partial charge in [0, 0.05) is 23.9 Å². The quantitative estimate of drug-likeness (QED) is 0.451. The number of aromatic nitrogens is 2. The van der Waals surface area contributed by atoms with Gasteiger partial charge in [-0.2, -0.15) is 4.98 Å². The van der Waals surface area contributed by atoms with Crippen molar-refractivity contribution >= 4 is 17.5 Å². The van der Waals surface area contributed by atoms with Crippen LogP contribution in [-0.4, -0.2) is 16.5 Å². The summed E-state index contributed by atoms with van der Waals surface area (Å²) >= 11 is 0. The summed E-state index contributed by atoms with van der Waals surface area (Å²) in [7, 11) is 0. The van der Waals surface area contributed by atoms with Gasteiger partial charge < -0.3 is 10.6 Å². The number of rotatable bonds is 7. The minimum atomic E-state index is 0.578. The van der Waals surface area contributed by atoms with E-state index in [-0.39, 0.29) is 0 Å². The standard InChI is InChI=1S/C24H22N4/c1-4-10-19(11-5-1)16-17-25-23-18-22(20-12-6-2-7-13-20)27-24(28-23)26-21-14-8-3-9-15-21/h1-15,18H,16-17H2,(H2,25,26,27,28). The predicted molar refractivity (Wildman–Crippen MR) is 116 cm³/mol. The van der Waals surface area contributed by atoms with Crippen molar-refractivity contribution in [1.29, 1.82) is 0 Å². The first-order valence-corrected chi connectivity index (χ1v) is 9.41. The zero-order chi connectivity index (χ0) is 19.0. The molecule has 2 N–H and O–H groups in total. The van der Waals surface area contributed by atoms with Gasteiger partial charge in [-0.15, -0.1) is 0 Å². The van der Waals surface area contributed by atoms with Gasteiger partial charge in [0.25, 0.3) is 0 Å². The van der Waals surface area contributed by atoms with E-state index in [0.29, 0.717) is 5.95 Å². The molecular formula is C24H22N4. The highest BCUT2D eigenvalue weighted by atomic mass is 15.1. The molecular weight excluding hydrogens is 344 g/mol. The molecule has 4 nitrogen and oxygen atoms in total. The molecule has 4 aromatic rings. The van der Waals surface area contributed by atoms with Crippen LogP contribution in [0.15, 0.2) is 97.1 Å². The topological polar surface area (TPSA) is 49.8 Å². The molecule has 3 aromatic carbocycles. The van der Waals surface area contributed by atoms with Crippen molar-refractivity contribution < 1.29 is 0 Å². The van der Waals surface area contributed by atoms with Crippen molar-refractivity contribution in [2.45, 2.75) is 6.42 Å². The minimum Gasteiger partial charge on any atom is -0.370 e. The van der Waals surface area contributed by atoms with E-state index in [1.165, 1.54) is 5.56 Å². The van der Waals surface area contributed by atoms with Gasteiger partial charge in [-0.25, -0.2) is 4.98 Å². The zero-order valence-electron chi connectivity index (χ0n) is 15.5. The molecule has 0 aliphatic rings. The Morgan fingerprint density at radius 2 is 1.32 bits per heavy atom. The third-order valence-electron chi connectivity index (χ3n) is 4.39. The van der Waals surface area contributed by atoms with E-state index in [9.17, 15) is 0 Å². The Labute approximate surface area is 165 Å². The summed E-state index contributed by atoms with van der Waals surface area (Å²) < 4.78 is 0. The van der Waals surface area contributed by atoms with Crippen molar-refractivity contribution in [2.75, 3.05) is 17.2 Å². The Balaban J connectivity index is 1.56. The predicted octanol–water partition coefficient (Wildman–Crippen LogP) is 5.54. The first-order valence-electron chi connectivity index (χ1n) is 9.41. The van der Waals surface area contributed by atoms with E-state index in [1.54, 1.807) is 0 Å². The molecule has 1 aromatic heterocycles. The van der Waals surface area contributed by atoms with Gasteiger partial charge in [-0.05, 0) is 24.1 Å². The van der Waals surface area contributed by atoms with Crippen LogP contribution in [-0.2, 0) is 6.42 Å². The fraction of sp³-hybridized carbons (Fsp3) is 0.0833. The van der Waals surface area contributed by atoms with Crippen LogP contribution in [0.4, 0.5) is 17.5 Å². The van der Waals surface area contributed by atoms with Gasteiger partial charge in [0.2, 0.25) is 5.95 Å². The fourth-order valence-corrected chi connectivity index (χ4v) is 2.98. The molecule has 0 saturated carbocycles. The normalized spacial score (nSPS) is 10.4. The van der Waals surface area contributed by atoms with Crippen LogP contribution in [0.2, 0.25) is 0 Å². The minimum absolute atomic E-state index is 0.578. The molecule has 0 radical (unpaired) electrons. The van der Waals surface area contributed by atoms with Crippen molar-refractivity contribution in [3.8, 4) is 11.3 Å². The summed E-state index contributed by atoms with van der Waals surface area (Å²) in [5.41, 5.74) is 4.21. The molecule has 0 atom stereocenters. The summed E-state index contributed by atoms with van der Waals surface area (Å²) in [6, 6.07) is 32.6. The lowest BCUT2D eigenvalue weighted by Gasteiger charge is -2.12. The Hall–Kier alpha value is -3.66. The zero-order valence-corrected chi connectivity index (χ0v) is 15.5. The van der Waals surface area contributed by atoms with E-state index in [1.807, 2.05) is 60.7 Å². The third kappa shape index (κ3) is 4.74. The Morgan fingerprint density at radius 3 is 2.04 bits per heavy atom. The van der Waals surface area contributed by atoms with Crippen LogP contribution in [0.3, 0.4) is 0 Å². The molecule has 28 heavy (non-hydrogen) atoms. The van der Waals surface area contributed by atoms with Crippen LogP contribution < -0.4 is 10.6 Å². The third-order valence-corrected chi connectivity index (χ3v) is 4.39. The van der Waals surface area contributed by atoms with E-state index in [0.717, 1.165) is 35.7 Å². The average molecular weight is 366 g/mol. The lowest BCUT2D eigenvalue weighted by atomic mass is 10.1. The summed E-state index contributed by atoms with van der Waals surface area (Å²) in [6.45, 7) is 0.806. The van der Waals surface area contributed by atoms with Crippen LogP contribution in [0.5, 0.6) is 0 Å². The number of hydrogen-bond donors (Lipinski definition) is 2. The Bertz CT molecular complexity index is 1000. The lowest BCUT2D eigenvalue weighted by Crippen LogP contribution is -2.08. The average Bonchev–Trinajstić information content (AvgIpc) is 2.76.